The number of para-hydroxylation sites is 3. The summed E-state index contributed by atoms with van der Waals surface area (Å²) >= 11 is 0. The fourth-order valence-corrected chi connectivity index (χ4v) is 4.55. The second-order valence-corrected chi connectivity index (χ2v) is 8.57. The Morgan fingerprint density at radius 1 is 0.900 bits per heavy atom. The highest BCUT2D eigenvalue weighted by molar-refractivity contribution is 7.94. The number of anilines is 2. The Balaban J connectivity index is 1.52. The van der Waals surface area contributed by atoms with Gasteiger partial charge in [-0.05, 0) is 48.5 Å². The van der Waals surface area contributed by atoms with Crippen LogP contribution in [0.2, 0.25) is 0 Å². The summed E-state index contributed by atoms with van der Waals surface area (Å²) in [6.07, 6.45) is -0.0389. The highest BCUT2D eigenvalue weighted by Gasteiger charge is 2.36. The average molecular weight is 422 g/mol. The summed E-state index contributed by atoms with van der Waals surface area (Å²) in [6.45, 7) is 0. The van der Waals surface area contributed by atoms with Gasteiger partial charge in [0.05, 0.1) is 17.1 Å². The molecule has 1 fully saturated rings. The highest BCUT2D eigenvalue weighted by atomic mass is 32.2. The molecule has 0 saturated carbocycles. The molecule has 0 atom stereocenters. The van der Waals surface area contributed by atoms with Gasteiger partial charge < -0.3 is 10.1 Å². The third kappa shape index (κ3) is 4.04. The molecule has 3 aromatic rings. The van der Waals surface area contributed by atoms with E-state index in [9.17, 15) is 18.0 Å². The fraction of sp³-hybridized carbons (Fsp3) is 0.0909. The summed E-state index contributed by atoms with van der Waals surface area (Å²) in [5, 5.41) is 2.80. The van der Waals surface area contributed by atoms with Gasteiger partial charge >= 0.3 is 0 Å². The van der Waals surface area contributed by atoms with Crippen LogP contribution < -0.4 is 14.4 Å². The molecule has 0 radical (unpaired) electrons. The molecule has 1 aliphatic heterocycles. The van der Waals surface area contributed by atoms with Crippen LogP contribution in [0.3, 0.4) is 0 Å². The van der Waals surface area contributed by atoms with Crippen molar-refractivity contribution in [2.24, 2.45) is 0 Å². The number of sulfonamides is 1. The van der Waals surface area contributed by atoms with Gasteiger partial charge in [-0.2, -0.15) is 0 Å². The quantitative estimate of drug-likeness (QED) is 0.675. The van der Waals surface area contributed by atoms with Gasteiger partial charge in [0.15, 0.2) is 5.75 Å². The standard InChI is InChI=1S/C22H18N2O5S/c25-21-14-15-30(27,28)24(21)17-12-10-16(11-13-17)22(26)23-19-8-4-5-9-20(19)29-18-6-2-1-3-7-18/h1-13H,14-15H2,(H,23,26). The highest BCUT2D eigenvalue weighted by Crippen LogP contribution is 2.30. The van der Waals surface area contributed by atoms with Gasteiger partial charge in [0, 0.05) is 12.0 Å². The third-order valence-electron chi connectivity index (χ3n) is 4.55. The summed E-state index contributed by atoms with van der Waals surface area (Å²) < 4.78 is 30.7. The molecule has 1 saturated heterocycles. The molecular formula is C22H18N2O5S. The fourth-order valence-electron chi connectivity index (χ4n) is 3.09. The number of hydrogen-bond acceptors (Lipinski definition) is 5. The third-order valence-corrected chi connectivity index (χ3v) is 6.24. The van der Waals surface area contributed by atoms with E-state index in [1.165, 1.54) is 24.3 Å². The van der Waals surface area contributed by atoms with E-state index in [4.69, 9.17) is 4.74 Å². The summed E-state index contributed by atoms with van der Waals surface area (Å²) in [7, 11) is -3.64. The van der Waals surface area contributed by atoms with Crippen LogP contribution in [-0.2, 0) is 14.8 Å². The minimum atomic E-state index is -3.64. The van der Waals surface area contributed by atoms with E-state index in [1.54, 1.807) is 24.3 Å². The predicted molar refractivity (Wildman–Crippen MR) is 113 cm³/mol. The zero-order chi connectivity index (χ0) is 21.1. The van der Waals surface area contributed by atoms with Gasteiger partial charge in [-0.15, -0.1) is 0 Å². The van der Waals surface area contributed by atoms with Gasteiger partial charge in [0.25, 0.3) is 5.91 Å². The molecule has 30 heavy (non-hydrogen) atoms. The number of nitrogens with zero attached hydrogens (tertiary/aromatic N) is 1. The monoisotopic (exact) mass is 422 g/mol. The first kappa shape index (κ1) is 19.7. The van der Waals surface area contributed by atoms with Crippen LogP contribution in [0.4, 0.5) is 11.4 Å². The lowest BCUT2D eigenvalue weighted by Crippen LogP contribution is -2.29. The van der Waals surface area contributed by atoms with Crippen LogP contribution in [0, 0.1) is 0 Å². The van der Waals surface area contributed by atoms with Crippen molar-refractivity contribution in [3.63, 3.8) is 0 Å². The molecular weight excluding hydrogens is 404 g/mol. The molecule has 1 N–H and O–H groups in total. The Labute approximate surface area is 174 Å². The minimum absolute atomic E-state index is 0.0389. The van der Waals surface area contributed by atoms with Crippen LogP contribution in [0.25, 0.3) is 0 Å². The molecule has 3 aromatic carbocycles. The zero-order valence-electron chi connectivity index (χ0n) is 15.8. The summed E-state index contributed by atoms with van der Waals surface area (Å²) in [5.41, 5.74) is 1.03. The number of benzene rings is 3. The number of ether oxygens (including phenoxy) is 1. The maximum Gasteiger partial charge on any atom is 0.255 e. The molecule has 7 nitrogen and oxygen atoms in total. The van der Waals surface area contributed by atoms with Gasteiger partial charge in [-0.25, -0.2) is 12.7 Å². The first-order chi connectivity index (χ1) is 14.4. The molecule has 4 rings (SSSR count). The zero-order valence-corrected chi connectivity index (χ0v) is 16.6. The van der Waals surface area contributed by atoms with Crippen molar-refractivity contribution in [1.29, 1.82) is 0 Å². The van der Waals surface area contributed by atoms with Crippen LogP contribution >= 0.6 is 0 Å². The molecule has 0 spiro atoms. The second-order valence-electron chi connectivity index (χ2n) is 6.64. The minimum Gasteiger partial charge on any atom is -0.455 e. The van der Waals surface area contributed by atoms with Crippen molar-refractivity contribution in [1.82, 2.24) is 0 Å². The molecule has 2 amide bonds. The van der Waals surface area contributed by atoms with E-state index in [-0.39, 0.29) is 23.8 Å². The number of hydrogen-bond donors (Lipinski definition) is 1. The van der Waals surface area contributed by atoms with E-state index in [2.05, 4.69) is 5.32 Å². The van der Waals surface area contributed by atoms with Crippen molar-refractivity contribution < 1.29 is 22.7 Å². The molecule has 8 heteroatoms. The first-order valence-corrected chi connectivity index (χ1v) is 10.8. The van der Waals surface area contributed by atoms with Crippen molar-refractivity contribution in [2.45, 2.75) is 6.42 Å². The molecule has 1 heterocycles. The molecule has 0 bridgehead atoms. The number of carbonyl (C=O) groups excluding carboxylic acids is 2. The van der Waals surface area contributed by atoms with Crippen molar-refractivity contribution >= 4 is 33.2 Å². The lowest BCUT2D eigenvalue weighted by molar-refractivity contribution is -0.116. The molecule has 0 aliphatic carbocycles. The summed E-state index contributed by atoms with van der Waals surface area (Å²) in [6, 6.07) is 22.1. The largest absolute Gasteiger partial charge is 0.455 e. The topological polar surface area (TPSA) is 92.8 Å². The number of amides is 2. The van der Waals surface area contributed by atoms with Crippen molar-refractivity contribution in [3.8, 4) is 11.5 Å². The van der Waals surface area contributed by atoms with Gasteiger partial charge in [0.2, 0.25) is 15.9 Å². The lowest BCUT2D eigenvalue weighted by Gasteiger charge is -2.15. The second kappa shape index (κ2) is 8.00. The summed E-state index contributed by atoms with van der Waals surface area (Å²) in [4.78, 5) is 24.6. The molecule has 0 aromatic heterocycles. The van der Waals surface area contributed by atoms with E-state index in [0.717, 1.165) is 4.31 Å². The van der Waals surface area contributed by atoms with E-state index < -0.39 is 15.9 Å². The van der Waals surface area contributed by atoms with Gasteiger partial charge in [0.1, 0.15) is 5.75 Å². The lowest BCUT2D eigenvalue weighted by atomic mass is 10.2. The summed E-state index contributed by atoms with van der Waals surface area (Å²) in [5.74, 6) is 0.0645. The number of carbonyl (C=O) groups is 2. The van der Waals surface area contributed by atoms with Crippen LogP contribution in [0.15, 0.2) is 78.9 Å². The van der Waals surface area contributed by atoms with E-state index in [1.807, 2.05) is 30.3 Å². The Bertz CT molecular complexity index is 1190. The Morgan fingerprint density at radius 3 is 2.23 bits per heavy atom. The van der Waals surface area contributed by atoms with Crippen LogP contribution in [0.5, 0.6) is 11.5 Å². The number of nitrogens with one attached hydrogen (secondary N) is 1. The SMILES string of the molecule is O=C(Nc1ccccc1Oc1ccccc1)c1ccc(N2C(=O)CCS2(=O)=O)cc1. The molecule has 1 aliphatic rings. The van der Waals surface area contributed by atoms with E-state index >= 15 is 0 Å². The van der Waals surface area contributed by atoms with Gasteiger partial charge in [-0.3, -0.25) is 9.59 Å². The Morgan fingerprint density at radius 2 is 1.57 bits per heavy atom. The maximum atomic E-state index is 12.7. The first-order valence-electron chi connectivity index (χ1n) is 9.23. The molecule has 0 unspecified atom stereocenters. The van der Waals surface area contributed by atoms with Crippen molar-refractivity contribution in [2.75, 3.05) is 15.4 Å². The molecule has 152 valence electrons. The number of rotatable bonds is 5. The normalized spacial score (nSPS) is 15.1. The smallest absolute Gasteiger partial charge is 0.255 e. The Kier molecular flexibility index (Phi) is 5.24. The van der Waals surface area contributed by atoms with Crippen LogP contribution in [-0.4, -0.2) is 26.0 Å². The van der Waals surface area contributed by atoms with Crippen molar-refractivity contribution in [3.05, 3.63) is 84.4 Å². The van der Waals surface area contributed by atoms with Crippen LogP contribution in [0.1, 0.15) is 16.8 Å². The predicted octanol–water partition coefficient (Wildman–Crippen LogP) is 3.80. The average Bonchev–Trinajstić information content (AvgIpc) is 3.02. The van der Waals surface area contributed by atoms with Gasteiger partial charge in [-0.1, -0.05) is 30.3 Å². The van der Waals surface area contributed by atoms with E-state index in [0.29, 0.717) is 22.7 Å². The maximum absolute atomic E-state index is 12.7. The Hall–Kier alpha value is -3.65.